The minimum atomic E-state index is -0.455. The fraction of sp³-hybridized carbons (Fsp3) is 0.393. The first-order valence-corrected chi connectivity index (χ1v) is 13.0. The van der Waals surface area contributed by atoms with Gasteiger partial charge < -0.3 is 4.74 Å². The Balaban J connectivity index is 1.50. The lowest BCUT2D eigenvalue weighted by molar-refractivity contribution is -0.149. The summed E-state index contributed by atoms with van der Waals surface area (Å²) in [5, 5.41) is 14.5. The van der Waals surface area contributed by atoms with Gasteiger partial charge in [-0.15, -0.1) is 10.2 Å². The van der Waals surface area contributed by atoms with Crippen LogP contribution < -0.4 is 5.56 Å². The van der Waals surface area contributed by atoms with Crippen LogP contribution in [0.4, 0.5) is 0 Å². The van der Waals surface area contributed by atoms with E-state index in [2.05, 4.69) is 58.7 Å². The molecule has 9 nitrogen and oxygen atoms in total. The third-order valence-electron chi connectivity index (χ3n) is 7.10. The zero-order valence-corrected chi connectivity index (χ0v) is 21.5. The van der Waals surface area contributed by atoms with Crippen LogP contribution in [0.5, 0.6) is 0 Å². The Labute approximate surface area is 215 Å². The number of rotatable bonds is 8. The lowest BCUT2D eigenvalue weighted by Gasteiger charge is -2.31. The highest BCUT2D eigenvalue weighted by molar-refractivity contribution is 5.80. The van der Waals surface area contributed by atoms with Crippen LogP contribution in [0.1, 0.15) is 68.9 Å². The van der Waals surface area contributed by atoms with Gasteiger partial charge in [0.15, 0.2) is 0 Å². The first kappa shape index (κ1) is 24.7. The molecule has 192 valence electrons. The number of tetrazole rings is 1. The molecular formula is C28H32N6O3. The van der Waals surface area contributed by atoms with E-state index in [1.807, 2.05) is 35.9 Å². The van der Waals surface area contributed by atoms with Crippen LogP contribution in [-0.4, -0.2) is 42.6 Å². The van der Waals surface area contributed by atoms with Gasteiger partial charge in [-0.3, -0.25) is 9.48 Å². The van der Waals surface area contributed by atoms with Crippen LogP contribution in [0.15, 0.2) is 53.3 Å². The second kappa shape index (κ2) is 10.5. The number of fused-ring (bicyclic) bond motifs is 1. The van der Waals surface area contributed by atoms with Gasteiger partial charge in [-0.1, -0.05) is 61.9 Å². The molecule has 37 heavy (non-hydrogen) atoms. The van der Waals surface area contributed by atoms with E-state index in [4.69, 9.17) is 4.74 Å². The third kappa shape index (κ3) is 4.61. The second-order valence-corrected chi connectivity index (χ2v) is 9.52. The minimum Gasteiger partial charge on any atom is -0.464 e. The van der Waals surface area contributed by atoms with E-state index in [1.165, 1.54) is 0 Å². The number of nitrogens with one attached hydrogen (secondary N) is 1. The number of ether oxygens (including phenoxy) is 1. The van der Waals surface area contributed by atoms with Gasteiger partial charge in [0.2, 0.25) is 5.82 Å². The summed E-state index contributed by atoms with van der Waals surface area (Å²) in [6.45, 7) is 6.29. The van der Waals surface area contributed by atoms with E-state index in [9.17, 15) is 9.59 Å². The molecule has 4 aromatic rings. The molecule has 2 unspecified atom stereocenters. The van der Waals surface area contributed by atoms with Crippen molar-refractivity contribution >= 4 is 5.97 Å². The number of aromatic nitrogens is 6. The maximum atomic E-state index is 13.7. The molecule has 2 aromatic heterocycles. The number of benzene rings is 2. The first-order valence-electron chi connectivity index (χ1n) is 13.0. The van der Waals surface area contributed by atoms with Crippen LogP contribution in [0.25, 0.3) is 22.5 Å². The number of carbonyl (C=O) groups excluding carboxylic acids is 1. The van der Waals surface area contributed by atoms with Gasteiger partial charge in [0, 0.05) is 23.2 Å². The maximum absolute atomic E-state index is 13.7. The second-order valence-electron chi connectivity index (χ2n) is 9.52. The van der Waals surface area contributed by atoms with Crippen molar-refractivity contribution in [3.63, 3.8) is 0 Å². The lowest BCUT2D eigenvalue weighted by Crippen LogP contribution is -2.37. The van der Waals surface area contributed by atoms with Crippen molar-refractivity contribution in [3.05, 3.63) is 75.7 Å². The van der Waals surface area contributed by atoms with E-state index in [-0.39, 0.29) is 17.6 Å². The first-order chi connectivity index (χ1) is 18.0. The minimum absolute atomic E-state index is 0.00326. The van der Waals surface area contributed by atoms with Gasteiger partial charge in [-0.25, -0.2) is 9.48 Å². The molecular weight excluding hydrogens is 468 g/mol. The number of esters is 1. The predicted molar refractivity (Wildman–Crippen MR) is 140 cm³/mol. The maximum Gasteiger partial charge on any atom is 0.330 e. The van der Waals surface area contributed by atoms with Crippen LogP contribution in [0, 0.1) is 0 Å². The van der Waals surface area contributed by atoms with Gasteiger partial charge in [0.05, 0.1) is 12.6 Å². The van der Waals surface area contributed by atoms with Crippen LogP contribution in [0.3, 0.4) is 0 Å². The van der Waals surface area contributed by atoms with E-state index in [0.717, 1.165) is 52.8 Å². The predicted octanol–water partition coefficient (Wildman–Crippen LogP) is 4.50. The van der Waals surface area contributed by atoms with Crippen molar-refractivity contribution in [1.82, 2.24) is 30.0 Å². The normalized spacial score (nSPS) is 16.9. The van der Waals surface area contributed by atoms with Crippen LogP contribution in [0.2, 0.25) is 0 Å². The molecule has 2 atom stereocenters. The number of hydrogen-bond acceptors (Lipinski definition) is 6. The topological polar surface area (TPSA) is 108 Å². The van der Waals surface area contributed by atoms with E-state index >= 15 is 0 Å². The summed E-state index contributed by atoms with van der Waals surface area (Å²) in [7, 11) is 0. The largest absolute Gasteiger partial charge is 0.464 e. The number of H-pyrrole nitrogens is 1. The number of nitrogens with zero attached hydrogens (tertiary/aromatic N) is 5. The molecule has 5 rings (SSSR count). The summed E-state index contributed by atoms with van der Waals surface area (Å²) >= 11 is 0. The molecule has 0 spiro atoms. The van der Waals surface area contributed by atoms with Gasteiger partial charge in [-0.2, -0.15) is 5.21 Å². The quantitative estimate of drug-likeness (QED) is 0.357. The Kier molecular flexibility index (Phi) is 7.03. The number of hydrogen-bond donors (Lipinski definition) is 1. The summed E-state index contributed by atoms with van der Waals surface area (Å²) in [6, 6.07) is 15.8. The fourth-order valence-electron chi connectivity index (χ4n) is 5.37. The van der Waals surface area contributed by atoms with E-state index < -0.39 is 6.04 Å². The Hall–Kier alpha value is -4.01. The lowest BCUT2D eigenvalue weighted by atomic mass is 9.96. The molecule has 1 N–H and O–H groups in total. The summed E-state index contributed by atoms with van der Waals surface area (Å²) in [4.78, 5) is 26.5. The van der Waals surface area contributed by atoms with Crippen LogP contribution in [-0.2, 0) is 22.4 Å². The molecule has 0 aliphatic carbocycles. The zero-order chi connectivity index (χ0) is 25.9. The van der Waals surface area contributed by atoms with Crippen molar-refractivity contribution < 1.29 is 9.53 Å². The number of aromatic amines is 1. The molecule has 0 saturated heterocycles. The molecule has 1 aliphatic rings. The standard InChI is InChI=1S/C28H32N6O3/c1-4-8-24-23(27(35)33-18(3)11-16-25(34(24)33)28(36)37-5-2)17-19-12-14-20(15-13-19)21-9-6-7-10-22(21)26-29-31-32-30-26/h6-7,9-10,12-15,18,25H,4-5,8,11,16-17H2,1-3H3,(H,29,30,31,32). The Morgan fingerprint density at radius 3 is 2.49 bits per heavy atom. The Morgan fingerprint density at radius 2 is 1.81 bits per heavy atom. The summed E-state index contributed by atoms with van der Waals surface area (Å²) < 4.78 is 9.12. The highest BCUT2D eigenvalue weighted by Crippen LogP contribution is 2.33. The highest BCUT2D eigenvalue weighted by atomic mass is 16.5. The average Bonchev–Trinajstić information content (AvgIpc) is 3.54. The zero-order valence-electron chi connectivity index (χ0n) is 21.5. The van der Waals surface area contributed by atoms with Gasteiger partial charge in [0.1, 0.15) is 6.04 Å². The SMILES string of the molecule is CCCc1c(Cc2ccc(-c3ccccc3-c3nn[nH]n3)cc2)c(=O)n2n1C(C(=O)OCC)CCC2C. The third-order valence-corrected chi connectivity index (χ3v) is 7.10. The van der Waals surface area contributed by atoms with Crippen molar-refractivity contribution in [1.29, 1.82) is 0 Å². The molecule has 0 bridgehead atoms. The van der Waals surface area contributed by atoms with Gasteiger partial charge in [0.25, 0.3) is 5.56 Å². The molecule has 3 heterocycles. The van der Waals surface area contributed by atoms with Crippen molar-refractivity contribution in [2.45, 2.75) is 65.0 Å². The molecule has 2 aromatic carbocycles. The Morgan fingerprint density at radius 1 is 1.05 bits per heavy atom. The summed E-state index contributed by atoms with van der Waals surface area (Å²) in [6.07, 6.45) is 3.57. The monoisotopic (exact) mass is 500 g/mol. The van der Waals surface area contributed by atoms with Crippen LogP contribution >= 0.6 is 0 Å². The Bertz CT molecular complexity index is 1440. The highest BCUT2D eigenvalue weighted by Gasteiger charge is 2.35. The molecule has 0 radical (unpaired) electrons. The molecule has 0 amide bonds. The van der Waals surface area contributed by atoms with E-state index in [1.54, 1.807) is 4.68 Å². The van der Waals surface area contributed by atoms with Crippen molar-refractivity contribution in [2.75, 3.05) is 6.61 Å². The van der Waals surface area contributed by atoms with Crippen molar-refractivity contribution in [3.8, 4) is 22.5 Å². The molecule has 9 heteroatoms. The van der Waals surface area contributed by atoms with E-state index in [0.29, 0.717) is 25.3 Å². The smallest absolute Gasteiger partial charge is 0.330 e. The molecule has 0 saturated carbocycles. The van der Waals surface area contributed by atoms with Gasteiger partial charge >= 0.3 is 5.97 Å². The summed E-state index contributed by atoms with van der Waals surface area (Å²) in [5.41, 5.74) is 5.69. The number of carbonyl (C=O) groups is 1. The summed E-state index contributed by atoms with van der Waals surface area (Å²) in [5.74, 6) is 0.285. The average molecular weight is 501 g/mol. The molecule has 1 aliphatic heterocycles. The van der Waals surface area contributed by atoms with Gasteiger partial charge in [-0.05, 0) is 55.0 Å². The molecule has 0 fully saturated rings. The van der Waals surface area contributed by atoms with Crippen molar-refractivity contribution in [2.24, 2.45) is 0 Å². The fourth-order valence-corrected chi connectivity index (χ4v) is 5.37.